The first-order chi connectivity index (χ1) is 13.8. The fourth-order valence-corrected chi connectivity index (χ4v) is 4.18. The number of aryl methyl sites for hydroxylation is 1. The molecule has 3 rings (SSSR count). The average Bonchev–Trinajstić information content (AvgIpc) is 2.69. The van der Waals surface area contributed by atoms with Crippen LogP contribution in [0, 0.1) is 6.92 Å². The monoisotopic (exact) mass is 430 g/mol. The molecule has 150 valence electrons. The van der Waals surface area contributed by atoms with Crippen LogP contribution in [0.1, 0.15) is 11.1 Å². The minimum atomic E-state index is -3.88. The zero-order valence-electron chi connectivity index (χ0n) is 15.5. The first kappa shape index (κ1) is 20.6. The molecule has 0 aliphatic carbocycles. The Morgan fingerprint density at radius 2 is 1.86 bits per heavy atom. The van der Waals surface area contributed by atoms with Crippen LogP contribution in [0.25, 0.3) is 0 Å². The van der Waals surface area contributed by atoms with Gasteiger partial charge in [0.1, 0.15) is 4.90 Å². The van der Waals surface area contributed by atoms with Gasteiger partial charge in [-0.3, -0.25) is 9.71 Å². The van der Waals surface area contributed by atoms with Crippen LogP contribution in [0.2, 0.25) is 5.02 Å². The predicted octanol–water partition coefficient (Wildman–Crippen LogP) is 4.17. The predicted molar refractivity (Wildman–Crippen MR) is 114 cm³/mol. The number of nitrogens with one attached hydrogen (secondary N) is 3. The topological polar surface area (TPSA) is 100 Å². The molecular formula is C20H19ClN4O3S. The third kappa shape index (κ3) is 5.69. The van der Waals surface area contributed by atoms with E-state index in [-0.39, 0.29) is 9.92 Å². The van der Waals surface area contributed by atoms with E-state index in [4.69, 9.17) is 11.6 Å². The summed E-state index contributed by atoms with van der Waals surface area (Å²) in [6.45, 7) is 2.10. The highest BCUT2D eigenvalue weighted by atomic mass is 35.5. The molecule has 2 amide bonds. The van der Waals surface area contributed by atoms with Crippen LogP contribution in [-0.2, 0) is 16.6 Å². The van der Waals surface area contributed by atoms with Gasteiger partial charge in [0.25, 0.3) is 10.0 Å². The number of benzene rings is 2. The van der Waals surface area contributed by atoms with Gasteiger partial charge in [-0.15, -0.1) is 0 Å². The molecule has 3 N–H and O–H groups in total. The molecule has 0 unspecified atom stereocenters. The zero-order valence-corrected chi connectivity index (χ0v) is 17.1. The highest BCUT2D eigenvalue weighted by molar-refractivity contribution is 7.92. The number of pyridine rings is 1. The summed E-state index contributed by atoms with van der Waals surface area (Å²) < 4.78 is 27.8. The van der Waals surface area contributed by atoms with Gasteiger partial charge < -0.3 is 10.6 Å². The summed E-state index contributed by atoms with van der Waals surface area (Å²) in [6, 6.07) is 14.4. The van der Waals surface area contributed by atoms with Gasteiger partial charge in [-0.05, 0) is 54.4 Å². The first-order valence-corrected chi connectivity index (χ1v) is 10.5. The Morgan fingerprint density at radius 1 is 1.07 bits per heavy atom. The number of carbonyl (C=O) groups excluding carboxylic acids is 1. The van der Waals surface area contributed by atoms with Crippen molar-refractivity contribution >= 4 is 39.0 Å². The van der Waals surface area contributed by atoms with Crippen molar-refractivity contribution in [1.82, 2.24) is 10.3 Å². The molecular weight excluding hydrogens is 412 g/mol. The van der Waals surface area contributed by atoms with Gasteiger partial charge in [0.15, 0.2) is 0 Å². The lowest BCUT2D eigenvalue weighted by Crippen LogP contribution is -2.28. The number of sulfonamides is 1. The number of aromatic nitrogens is 1. The van der Waals surface area contributed by atoms with Crippen molar-refractivity contribution in [3.63, 3.8) is 0 Å². The average molecular weight is 431 g/mol. The number of rotatable bonds is 6. The van der Waals surface area contributed by atoms with Gasteiger partial charge in [0, 0.05) is 24.6 Å². The Morgan fingerprint density at radius 3 is 2.62 bits per heavy atom. The minimum Gasteiger partial charge on any atom is -0.334 e. The van der Waals surface area contributed by atoms with Crippen LogP contribution < -0.4 is 15.4 Å². The van der Waals surface area contributed by atoms with Crippen molar-refractivity contribution in [1.29, 1.82) is 0 Å². The molecule has 0 bridgehead atoms. The highest BCUT2D eigenvalue weighted by Crippen LogP contribution is 2.25. The second-order valence-electron chi connectivity index (χ2n) is 6.29. The lowest BCUT2D eigenvalue weighted by Gasteiger charge is -2.12. The maximum Gasteiger partial charge on any atom is 0.319 e. The number of anilines is 2. The molecule has 0 saturated carbocycles. The van der Waals surface area contributed by atoms with E-state index >= 15 is 0 Å². The van der Waals surface area contributed by atoms with Gasteiger partial charge in [-0.25, -0.2) is 13.2 Å². The molecule has 2 aromatic carbocycles. The second-order valence-corrected chi connectivity index (χ2v) is 8.35. The summed E-state index contributed by atoms with van der Waals surface area (Å²) >= 11 is 6.04. The third-order valence-corrected chi connectivity index (χ3v) is 5.79. The number of hydrogen-bond donors (Lipinski definition) is 3. The molecule has 0 spiro atoms. The largest absolute Gasteiger partial charge is 0.334 e. The molecule has 0 saturated heterocycles. The molecule has 9 heteroatoms. The normalized spacial score (nSPS) is 11.0. The minimum absolute atomic E-state index is 0.00765. The Kier molecular flexibility index (Phi) is 6.36. The van der Waals surface area contributed by atoms with Crippen LogP contribution in [0.5, 0.6) is 0 Å². The van der Waals surface area contributed by atoms with E-state index < -0.39 is 16.1 Å². The van der Waals surface area contributed by atoms with Crippen LogP contribution in [0.4, 0.5) is 16.2 Å². The van der Waals surface area contributed by atoms with Crippen LogP contribution in [-0.4, -0.2) is 19.4 Å². The van der Waals surface area contributed by atoms with Crippen molar-refractivity contribution in [2.24, 2.45) is 0 Å². The van der Waals surface area contributed by atoms with Gasteiger partial charge in [0.05, 0.1) is 10.7 Å². The summed E-state index contributed by atoms with van der Waals surface area (Å²) in [5.41, 5.74) is 2.37. The Bertz CT molecular complexity index is 1120. The number of halogens is 1. The van der Waals surface area contributed by atoms with Gasteiger partial charge in [0.2, 0.25) is 0 Å². The van der Waals surface area contributed by atoms with Gasteiger partial charge >= 0.3 is 6.03 Å². The molecule has 0 atom stereocenters. The number of amides is 2. The molecule has 0 radical (unpaired) electrons. The number of nitrogens with zero attached hydrogens (tertiary/aromatic N) is 1. The fraction of sp³-hybridized carbons (Fsp3) is 0.100. The summed E-state index contributed by atoms with van der Waals surface area (Å²) in [6.07, 6.45) is 3.31. The Hall–Kier alpha value is -3.10. The van der Waals surface area contributed by atoms with E-state index in [9.17, 15) is 13.2 Å². The maximum atomic E-state index is 12.7. The van der Waals surface area contributed by atoms with Crippen molar-refractivity contribution in [2.75, 3.05) is 10.0 Å². The van der Waals surface area contributed by atoms with Crippen LogP contribution >= 0.6 is 11.6 Å². The van der Waals surface area contributed by atoms with Gasteiger partial charge in [-0.1, -0.05) is 29.8 Å². The van der Waals surface area contributed by atoms with Crippen molar-refractivity contribution in [3.8, 4) is 0 Å². The van der Waals surface area contributed by atoms with Gasteiger partial charge in [-0.2, -0.15) is 0 Å². The lowest BCUT2D eigenvalue weighted by molar-refractivity contribution is 0.251. The molecule has 3 aromatic rings. The van der Waals surface area contributed by atoms with Crippen LogP contribution in [0.3, 0.4) is 0 Å². The standard InChI is InChI=1S/C20H19ClN4O3S/c1-14-7-8-18(21)19(10-14)29(27,28)25-17-6-2-5-16(11-17)24-20(26)23-13-15-4-3-9-22-12-15/h2-12,25H,13H2,1H3,(H2,23,24,26). The quantitative estimate of drug-likeness (QED) is 0.546. The number of hydrogen-bond acceptors (Lipinski definition) is 4. The SMILES string of the molecule is Cc1ccc(Cl)c(S(=O)(=O)Nc2cccc(NC(=O)NCc3cccnc3)c2)c1. The maximum absolute atomic E-state index is 12.7. The third-order valence-electron chi connectivity index (χ3n) is 3.92. The van der Waals surface area contributed by atoms with Crippen molar-refractivity contribution < 1.29 is 13.2 Å². The molecule has 0 fully saturated rings. The van der Waals surface area contributed by atoms with E-state index in [1.165, 1.54) is 18.2 Å². The summed E-state index contributed by atoms with van der Waals surface area (Å²) in [7, 11) is -3.88. The van der Waals surface area contributed by atoms with E-state index in [1.54, 1.807) is 49.6 Å². The molecule has 29 heavy (non-hydrogen) atoms. The van der Waals surface area contributed by atoms with E-state index in [0.717, 1.165) is 11.1 Å². The van der Waals surface area contributed by atoms with E-state index in [0.29, 0.717) is 17.9 Å². The van der Waals surface area contributed by atoms with E-state index in [1.807, 2.05) is 6.07 Å². The zero-order chi connectivity index (χ0) is 20.9. The fourth-order valence-electron chi connectivity index (χ4n) is 2.55. The Labute approximate surface area is 174 Å². The first-order valence-electron chi connectivity index (χ1n) is 8.66. The summed E-state index contributed by atoms with van der Waals surface area (Å²) in [5, 5.41) is 5.51. The summed E-state index contributed by atoms with van der Waals surface area (Å²) in [4.78, 5) is 16.1. The number of urea groups is 1. The Balaban J connectivity index is 1.67. The smallest absolute Gasteiger partial charge is 0.319 e. The molecule has 1 aromatic heterocycles. The molecule has 7 nitrogen and oxygen atoms in total. The lowest BCUT2D eigenvalue weighted by atomic mass is 10.2. The van der Waals surface area contributed by atoms with Crippen molar-refractivity contribution in [2.45, 2.75) is 18.4 Å². The summed E-state index contributed by atoms with van der Waals surface area (Å²) in [5.74, 6) is 0. The van der Waals surface area contributed by atoms with E-state index in [2.05, 4.69) is 20.3 Å². The highest BCUT2D eigenvalue weighted by Gasteiger charge is 2.18. The molecule has 0 aliphatic heterocycles. The second kappa shape index (κ2) is 8.93. The molecule has 1 heterocycles. The van der Waals surface area contributed by atoms with Crippen molar-refractivity contribution in [3.05, 3.63) is 83.1 Å². The van der Waals surface area contributed by atoms with Crippen LogP contribution in [0.15, 0.2) is 71.9 Å². The molecule has 0 aliphatic rings. The number of carbonyl (C=O) groups is 1.